The first-order valence-electron chi connectivity index (χ1n) is 4.43. The molecule has 0 radical (unpaired) electrons. The Kier molecular flexibility index (Phi) is 3.60. The van der Waals surface area contributed by atoms with E-state index in [0.29, 0.717) is 0 Å². The predicted molar refractivity (Wildman–Crippen MR) is 51.1 cm³/mol. The van der Waals surface area contributed by atoms with Crippen LogP contribution in [0.2, 0.25) is 0 Å². The first-order chi connectivity index (χ1) is 7.04. The Hall–Kier alpha value is -1.65. The van der Waals surface area contributed by atoms with Crippen molar-refractivity contribution in [3.63, 3.8) is 0 Å². The van der Waals surface area contributed by atoms with Gasteiger partial charge in [-0.25, -0.2) is 8.78 Å². The Bertz CT molecular complexity index is 357. The van der Waals surface area contributed by atoms with E-state index in [1.165, 1.54) is 0 Å². The van der Waals surface area contributed by atoms with E-state index in [1.807, 2.05) is 0 Å². The highest BCUT2D eigenvalue weighted by molar-refractivity contribution is 5.72. The Balaban J connectivity index is 2.83. The summed E-state index contributed by atoms with van der Waals surface area (Å²) >= 11 is 0. The number of nitrogens with two attached hydrogens (primary N) is 1. The van der Waals surface area contributed by atoms with Crippen LogP contribution in [0.5, 0.6) is 0 Å². The van der Waals surface area contributed by atoms with E-state index in [4.69, 9.17) is 5.73 Å². The molecule has 0 fully saturated rings. The number of carbonyl (C=O) groups is 1. The lowest BCUT2D eigenvalue weighted by molar-refractivity contribution is -0.142. The Morgan fingerprint density at radius 2 is 1.93 bits per heavy atom. The molecule has 1 aromatic carbocycles. The zero-order valence-corrected chi connectivity index (χ0v) is 8.22. The summed E-state index contributed by atoms with van der Waals surface area (Å²) in [6.45, 7) is 1.89. The van der Waals surface area contributed by atoms with Gasteiger partial charge in [0, 0.05) is 0 Å². The standard InChI is InChI=1S/C10H11F2NO2/c1-2-15-9(14)5-6-3-7(11)10(13)8(12)4-6/h3-4H,2,5,13H2,1H3. The second-order valence-corrected chi connectivity index (χ2v) is 2.95. The van der Waals surface area contributed by atoms with Gasteiger partial charge in [0.25, 0.3) is 0 Å². The molecule has 0 aliphatic heterocycles. The Morgan fingerprint density at radius 3 is 2.40 bits per heavy atom. The second-order valence-electron chi connectivity index (χ2n) is 2.95. The van der Waals surface area contributed by atoms with Crippen LogP contribution in [0.3, 0.4) is 0 Å². The Morgan fingerprint density at radius 1 is 1.40 bits per heavy atom. The number of ether oxygens (including phenoxy) is 1. The molecule has 15 heavy (non-hydrogen) atoms. The monoisotopic (exact) mass is 215 g/mol. The van der Waals surface area contributed by atoms with Gasteiger partial charge in [-0.1, -0.05) is 0 Å². The lowest BCUT2D eigenvalue weighted by atomic mass is 10.1. The normalized spacial score (nSPS) is 10.1. The highest BCUT2D eigenvalue weighted by atomic mass is 19.1. The molecule has 0 aliphatic rings. The fraction of sp³-hybridized carbons (Fsp3) is 0.300. The van der Waals surface area contributed by atoms with Crippen molar-refractivity contribution in [2.75, 3.05) is 12.3 Å². The third-order valence-electron chi connectivity index (χ3n) is 1.79. The van der Waals surface area contributed by atoms with Crippen molar-refractivity contribution >= 4 is 11.7 Å². The quantitative estimate of drug-likeness (QED) is 0.616. The second kappa shape index (κ2) is 4.72. The Labute approximate surface area is 85.8 Å². The molecule has 0 spiro atoms. The third kappa shape index (κ3) is 2.90. The van der Waals surface area contributed by atoms with E-state index >= 15 is 0 Å². The van der Waals surface area contributed by atoms with Crippen LogP contribution in [0.15, 0.2) is 12.1 Å². The van der Waals surface area contributed by atoms with Gasteiger partial charge < -0.3 is 10.5 Å². The largest absolute Gasteiger partial charge is 0.466 e. The molecule has 0 heterocycles. The highest BCUT2D eigenvalue weighted by Gasteiger charge is 2.10. The number of hydrogen-bond acceptors (Lipinski definition) is 3. The molecule has 0 atom stereocenters. The van der Waals surface area contributed by atoms with Gasteiger partial charge in [0.15, 0.2) is 0 Å². The summed E-state index contributed by atoms with van der Waals surface area (Å²) in [7, 11) is 0. The van der Waals surface area contributed by atoms with Crippen molar-refractivity contribution in [2.24, 2.45) is 0 Å². The van der Waals surface area contributed by atoms with Crippen molar-refractivity contribution in [1.82, 2.24) is 0 Å². The van der Waals surface area contributed by atoms with Gasteiger partial charge in [-0.2, -0.15) is 0 Å². The highest BCUT2D eigenvalue weighted by Crippen LogP contribution is 2.17. The average Bonchev–Trinajstić information content (AvgIpc) is 2.14. The molecular formula is C10H11F2NO2. The maximum atomic E-state index is 13.0. The van der Waals surface area contributed by atoms with Gasteiger partial charge >= 0.3 is 5.97 Å². The SMILES string of the molecule is CCOC(=O)Cc1cc(F)c(N)c(F)c1. The number of nitrogen functional groups attached to an aromatic ring is 1. The van der Waals surface area contributed by atoms with Crippen molar-refractivity contribution in [1.29, 1.82) is 0 Å². The van der Waals surface area contributed by atoms with E-state index in [0.717, 1.165) is 12.1 Å². The van der Waals surface area contributed by atoms with Gasteiger partial charge in [-0.15, -0.1) is 0 Å². The molecular weight excluding hydrogens is 204 g/mol. The van der Waals surface area contributed by atoms with Crippen LogP contribution < -0.4 is 5.73 Å². The summed E-state index contributed by atoms with van der Waals surface area (Å²) in [6, 6.07) is 2.05. The molecule has 0 saturated heterocycles. The number of anilines is 1. The van der Waals surface area contributed by atoms with Gasteiger partial charge in [0.05, 0.1) is 13.0 Å². The van der Waals surface area contributed by atoms with Gasteiger partial charge in [-0.3, -0.25) is 4.79 Å². The lowest BCUT2D eigenvalue weighted by Crippen LogP contribution is -2.08. The summed E-state index contributed by atoms with van der Waals surface area (Å²) in [5.41, 5.74) is 4.74. The van der Waals surface area contributed by atoms with E-state index in [1.54, 1.807) is 6.92 Å². The van der Waals surface area contributed by atoms with Crippen LogP contribution in [0.1, 0.15) is 12.5 Å². The lowest BCUT2D eigenvalue weighted by Gasteiger charge is -2.04. The molecule has 3 nitrogen and oxygen atoms in total. The van der Waals surface area contributed by atoms with Crippen LogP contribution in [0.4, 0.5) is 14.5 Å². The van der Waals surface area contributed by atoms with Crippen LogP contribution in [-0.4, -0.2) is 12.6 Å². The number of hydrogen-bond donors (Lipinski definition) is 1. The van der Waals surface area contributed by atoms with Crippen LogP contribution in [-0.2, 0) is 16.0 Å². The number of rotatable bonds is 3. The molecule has 0 unspecified atom stereocenters. The van der Waals surface area contributed by atoms with Crippen molar-refractivity contribution in [2.45, 2.75) is 13.3 Å². The minimum Gasteiger partial charge on any atom is -0.466 e. The molecule has 1 aromatic rings. The maximum absolute atomic E-state index is 13.0. The van der Waals surface area contributed by atoms with Crippen LogP contribution in [0, 0.1) is 11.6 Å². The molecule has 82 valence electrons. The van der Waals surface area contributed by atoms with Crippen molar-refractivity contribution in [3.8, 4) is 0 Å². The van der Waals surface area contributed by atoms with Crippen LogP contribution in [0.25, 0.3) is 0 Å². The maximum Gasteiger partial charge on any atom is 0.310 e. The predicted octanol–water partition coefficient (Wildman–Crippen LogP) is 1.65. The topological polar surface area (TPSA) is 52.3 Å². The van der Waals surface area contributed by atoms with E-state index in [2.05, 4.69) is 4.74 Å². The molecule has 5 heteroatoms. The zero-order valence-electron chi connectivity index (χ0n) is 8.22. The first kappa shape index (κ1) is 11.4. The van der Waals surface area contributed by atoms with Crippen LogP contribution >= 0.6 is 0 Å². The molecule has 0 bridgehead atoms. The first-order valence-corrected chi connectivity index (χ1v) is 4.43. The molecule has 0 aromatic heterocycles. The minimum absolute atomic E-state index is 0.165. The summed E-state index contributed by atoms with van der Waals surface area (Å²) in [4.78, 5) is 11.0. The third-order valence-corrected chi connectivity index (χ3v) is 1.79. The minimum atomic E-state index is -0.866. The molecule has 0 saturated carbocycles. The van der Waals surface area contributed by atoms with Gasteiger partial charge in [0.1, 0.15) is 17.3 Å². The summed E-state index contributed by atoms with van der Waals surface area (Å²) in [6.07, 6.45) is -0.165. The summed E-state index contributed by atoms with van der Waals surface area (Å²) in [5.74, 6) is -2.26. The fourth-order valence-corrected chi connectivity index (χ4v) is 1.12. The number of carbonyl (C=O) groups excluding carboxylic acids is 1. The summed E-state index contributed by atoms with van der Waals surface area (Å²) in [5, 5.41) is 0. The van der Waals surface area contributed by atoms with Gasteiger partial charge in [0.2, 0.25) is 0 Å². The number of halogens is 2. The number of esters is 1. The smallest absolute Gasteiger partial charge is 0.310 e. The van der Waals surface area contributed by atoms with Crippen molar-refractivity contribution in [3.05, 3.63) is 29.3 Å². The molecule has 2 N–H and O–H groups in total. The molecule has 1 rings (SSSR count). The van der Waals surface area contributed by atoms with E-state index < -0.39 is 23.3 Å². The van der Waals surface area contributed by atoms with Crippen molar-refractivity contribution < 1.29 is 18.3 Å². The fourth-order valence-electron chi connectivity index (χ4n) is 1.12. The van der Waals surface area contributed by atoms with Gasteiger partial charge in [-0.05, 0) is 24.6 Å². The van der Waals surface area contributed by atoms with E-state index in [-0.39, 0.29) is 18.6 Å². The zero-order chi connectivity index (χ0) is 11.4. The molecule has 0 aliphatic carbocycles. The average molecular weight is 215 g/mol. The summed E-state index contributed by atoms with van der Waals surface area (Å²) < 4.78 is 30.6. The number of benzene rings is 1. The van der Waals surface area contributed by atoms with E-state index in [9.17, 15) is 13.6 Å². The molecule has 0 amide bonds.